The van der Waals surface area contributed by atoms with Crippen molar-refractivity contribution in [3.63, 3.8) is 0 Å². The summed E-state index contributed by atoms with van der Waals surface area (Å²) in [4.78, 5) is 25.2. The highest BCUT2D eigenvalue weighted by Crippen LogP contribution is 2.54. The third kappa shape index (κ3) is 2.99. The van der Waals surface area contributed by atoms with E-state index in [9.17, 15) is 9.59 Å². The molecule has 2 unspecified atom stereocenters. The Morgan fingerprint density at radius 3 is 2.35 bits per heavy atom. The molecule has 0 bridgehead atoms. The Kier molecular flexibility index (Phi) is 3.40. The van der Waals surface area contributed by atoms with Crippen molar-refractivity contribution in [3.8, 4) is 0 Å². The second-order valence-electron chi connectivity index (χ2n) is 5.84. The first-order valence-corrected chi connectivity index (χ1v) is 6.51. The van der Waals surface area contributed by atoms with Crippen LogP contribution in [0.2, 0.25) is 0 Å². The lowest BCUT2D eigenvalue weighted by molar-refractivity contribution is -0.138. The summed E-state index contributed by atoms with van der Waals surface area (Å²) in [6, 6.07) is 0.130. The van der Waals surface area contributed by atoms with Crippen LogP contribution >= 0.6 is 0 Å². The van der Waals surface area contributed by atoms with Gasteiger partial charge in [-0.3, -0.25) is 9.59 Å². The second kappa shape index (κ2) is 4.67. The average Bonchev–Trinajstić information content (AvgIpc) is 2.83. The monoisotopic (exact) mass is 238 g/mol. The molecule has 0 saturated heterocycles. The van der Waals surface area contributed by atoms with E-state index < -0.39 is 0 Å². The molecule has 2 atom stereocenters. The number of hydrogen-bond acceptors (Lipinski definition) is 2. The molecule has 2 aliphatic rings. The first kappa shape index (κ1) is 12.4. The fraction of sp³-hybridized carbons (Fsp3) is 0.846. The zero-order chi connectivity index (χ0) is 12.6. The number of rotatable bonds is 4. The first-order chi connectivity index (χ1) is 7.97. The van der Waals surface area contributed by atoms with E-state index in [0.29, 0.717) is 0 Å². The van der Waals surface area contributed by atoms with Crippen molar-refractivity contribution in [2.45, 2.75) is 39.2 Å². The summed E-state index contributed by atoms with van der Waals surface area (Å²) in [7, 11) is 1.73. The van der Waals surface area contributed by atoms with E-state index in [2.05, 4.69) is 5.32 Å². The van der Waals surface area contributed by atoms with Gasteiger partial charge in [0.25, 0.3) is 0 Å². The lowest BCUT2D eigenvalue weighted by Crippen LogP contribution is -2.42. The van der Waals surface area contributed by atoms with Crippen LogP contribution in [0.15, 0.2) is 0 Å². The van der Waals surface area contributed by atoms with Gasteiger partial charge in [0, 0.05) is 19.0 Å². The van der Waals surface area contributed by atoms with E-state index in [4.69, 9.17) is 0 Å². The van der Waals surface area contributed by atoms with Crippen LogP contribution < -0.4 is 5.32 Å². The summed E-state index contributed by atoms with van der Waals surface area (Å²) in [5.74, 6) is 1.87. The highest BCUT2D eigenvalue weighted by atomic mass is 16.2. The fourth-order valence-corrected chi connectivity index (χ4v) is 2.89. The van der Waals surface area contributed by atoms with Gasteiger partial charge in [-0.1, -0.05) is 0 Å². The Bertz CT molecular complexity index is 317. The molecule has 2 saturated carbocycles. The molecule has 2 rings (SSSR count). The molecule has 4 heteroatoms. The molecule has 0 aromatic rings. The normalized spacial score (nSPS) is 30.0. The third-order valence-corrected chi connectivity index (χ3v) is 3.80. The number of nitrogens with one attached hydrogen (secondary N) is 1. The van der Waals surface area contributed by atoms with Gasteiger partial charge >= 0.3 is 0 Å². The van der Waals surface area contributed by atoms with Crippen molar-refractivity contribution < 1.29 is 9.59 Å². The predicted octanol–water partition coefficient (Wildman–Crippen LogP) is 1.02. The number of amides is 2. The minimum Gasteiger partial charge on any atom is -0.352 e. The van der Waals surface area contributed by atoms with Gasteiger partial charge in [-0.2, -0.15) is 0 Å². The van der Waals surface area contributed by atoms with E-state index in [-0.39, 0.29) is 30.3 Å². The van der Waals surface area contributed by atoms with Gasteiger partial charge < -0.3 is 10.2 Å². The summed E-state index contributed by atoms with van der Waals surface area (Å²) in [5.41, 5.74) is 0. The molecule has 2 amide bonds. The number of carbonyl (C=O) groups excluding carboxylic acids is 2. The standard InChI is InChI=1S/C13H22N2O2/c1-8(2)14-12(16)7-15(3)13(17)11-5-9-4-10(9)6-11/h8-11H,4-7H2,1-3H3,(H,14,16). The number of fused-ring (bicyclic) bond motifs is 1. The second-order valence-corrected chi connectivity index (χ2v) is 5.84. The molecule has 96 valence electrons. The van der Waals surface area contributed by atoms with Crippen molar-refractivity contribution in [1.29, 1.82) is 0 Å². The van der Waals surface area contributed by atoms with E-state index in [1.807, 2.05) is 13.8 Å². The van der Waals surface area contributed by atoms with Gasteiger partial charge in [0.1, 0.15) is 0 Å². The summed E-state index contributed by atoms with van der Waals surface area (Å²) in [5, 5.41) is 2.80. The maximum Gasteiger partial charge on any atom is 0.239 e. The summed E-state index contributed by atoms with van der Waals surface area (Å²) >= 11 is 0. The molecule has 0 radical (unpaired) electrons. The molecule has 0 aromatic carbocycles. The van der Waals surface area contributed by atoms with Gasteiger partial charge in [0.15, 0.2) is 0 Å². The van der Waals surface area contributed by atoms with Crippen molar-refractivity contribution >= 4 is 11.8 Å². The molecule has 17 heavy (non-hydrogen) atoms. The Balaban J connectivity index is 1.77. The lowest BCUT2D eigenvalue weighted by atomic mass is 10.0. The number of hydrogen-bond donors (Lipinski definition) is 1. The van der Waals surface area contributed by atoms with Gasteiger partial charge in [-0.05, 0) is 44.9 Å². The molecule has 0 heterocycles. The van der Waals surface area contributed by atoms with Gasteiger partial charge in [0.05, 0.1) is 6.54 Å². The van der Waals surface area contributed by atoms with Gasteiger partial charge in [0.2, 0.25) is 11.8 Å². The zero-order valence-electron chi connectivity index (χ0n) is 10.9. The molecule has 0 aromatic heterocycles. The van der Waals surface area contributed by atoms with Crippen molar-refractivity contribution in [3.05, 3.63) is 0 Å². The number of carbonyl (C=O) groups is 2. The van der Waals surface area contributed by atoms with E-state index in [1.54, 1.807) is 11.9 Å². The van der Waals surface area contributed by atoms with Crippen LogP contribution in [0.3, 0.4) is 0 Å². The molecule has 0 spiro atoms. The summed E-state index contributed by atoms with van der Waals surface area (Å²) in [6.07, 6.45) is 3.40. The Morgan fingerprint density at radius 1 is 1.24 bits per heavy atom. The molecule has 1 N–H and O–H groups in total. The lowest BCUT2D eigenvalue weighted by Gasteiger charge is -2.22. The molecular weight excluding hydrogens is 216 g/mol. The van der Waals surface area contributed by atoms with E-state index >= 15 is 0 Å². The number of likely N-dealkylation sites (N-methyl/N-ethyl adjacent to an activating group) is 1. The van der Waals surface area contributed by atoms with E-state index in [0.717, 1.165) is 24.7 Å². The number of nitrogens with zero attached hydrogens (tertiary/aromatic N) is 1. The summed E-state index contributed by atoms with van der Waals surface area (Å²) < 4.78 is 0. The minimum atomic E-state index is -0.0704. The van der Waals surface area contributed by atoms with Crippen LogP contribution in [-0.4, -0.2) is 36.3 Å². The fourth-order valence-electron chi connectivity index (χ4n) is 2.89. The largest absolute Gasteiger partial charge is 0.352 e. The molecule has 4 nitrogen and oxygen atoms in total. The Morgan fingerprint density at radius 2 is 1.82 bits per heavy atom. The molecule has 0 aliphatic heterocycles. The molecular formula is C13H22N2O2. The molecule has 2 fully saturated rings. The summed E-state index contributed by atoms with van der Waals surface area (Å²) in [6.45, 7) is 4.03. The maximum atomic E-state index is 12.1. The predicted molar refractivity (Wildman–Crippen MR) is 65.2 cm³/mol. The zero-order valence-corrected chi connectivity index (χ0v) is 10.9. The van der Waals surface area contributed by atoms with Crippen molar-refractivity contribution in [2.75, 3.05) is 13.6 Å². The average molecular weight is 238 g/mol. The van der Waals surface area contributed by atoms with Crippen molar-refractivity contribution in [2.24, 2.45) is 17.8 Å². The smallest absolute Gasteiger partial charge is 0.239 e. The van der Waals surface area contributed by atoms with Crippen LogP contribution in [0, 0.1) is 17.8 Å². The topological polar surface area (TPSA) is 49.4 Å². The highest BCUT2D eigenvalue weighted by molar-refractivity contribution is 5.86. The molecule has 2 aliphatic carbocycles. The van der Waals surface area contributed by atoms with Crippen LogP contribution in [0.5, 0.6) is 0 Å². The van der Waals surface area contributed by atoms with Crippen LogP contribution in [0.25, 0.3) is 0 Å². The third-order valence-electron chi connectivity index (χ3n) is 3.80. The SMILES string of the molecule is CC(C)NC(=O)CN(C)C(=O)C1CC2CC2C1. The van der Waals surface area contributed by atoms with Crippen LogP contribution in [0.4, 0.5) is 0 Å². The van der Waals surface area contributed by atoms with E-state index in [1.165, 1.54) is 6.42 Å². The Labute approximate surface area is 103 Å². The Hall–Kier alpha value is -1.06. The highest BCUT2D eigenvalue weighted by Gasteiger charge is 2.48. The van der Waals surface area contributed by atoms with Crippen molar-refractivity contribution in [1.82, 2.24) is 10.2 Å². The maximum absolute atomic E-state index is 12.1. The van der Waals surface area contributed by atoms with Gasteiger partial charge in [-0.25, -0.2) is 0 Å². The van der Waals surface area contributed by atoms with Crippen LogP contribution in [0.1, 0.15) is 33.1 Å². The minimum absolute atomic E-state index is 0.0704. The van der Waals surface area contributed by atoms with Crippen LogP contribution in [-0.2, 0) is 9.59 Å². The first-order valence-electron chi connectivity index (χ1n) is 6.51. The quantitative estimate of drug-likeness (QED) is 0.795. The van der Waals surface area contributed by atoms with Gasteiger partial charge in [-0.15, -0.1) is 0 Å².